The molecule has 2 fully saturated rings. The molecule has 1 N–H and O–H groups in total. The Labute approximate surface area is 151 Å². The van der Waals surface area contributed by atoms with Crippen LogP contribution < -0.4 is 14.2 Å². The number of carbonyl (C=O) groups excluding carboxylic acids is 1. The van der Waals surface area contributed by atoms with E-state index in [0.717, 1.165) is 37.1 Å². The van der Waals surface area contributed by atoms with Crippen molar-refractivity contribution < 1.29 is 28.8 Å². The highest BCUT2D eigenvalue weighted by molar-refractivity contribution is 5.67. The molecule has 26 heavy (non-hydrogen) atoms. The highest BCUT2D eigenvalue weighted by Crippen LogP contribution is 2.59. The fraction of sp³-hybridized carbons (Fsp3) is 0.632. The number of fused-ring (bicyclic) bond motifs is 2. The van der Waals surface area contributed by atoms with Crippen LogP contribution in [0.5, 0.6) is 17.2 Å². The third-order valence-corrected chi connectivity index (χ3v) is 6.52. The Morgan fingerprint density at radius 1 is 1.38 bits per heavy atom. The third-order valence-electron chi connectivity index (χ3n) is 6.52. The van der Waals surface area contributed by atoms with Gasteiger partial charge in [-0.2, -0.15) is 0 Å². The van der Waals surface area contributed by atoms with Crippen LogP contribution in [-0.2, 0) is 21.5 Å². The van der Waals surface area contributed by atoms with Crippen LogP contribution in [0.2, 0.25) is 0 Å². The van der Waals surface area contributed by atoms with Crippen LogP contribution in [0.15, 0.2) is 6.07 Å². The molecule has 0 spiro atoms. The molecule has 7 heteroatoms. The van der Waals surface area contributed by atoms with Gasteiger partial charge in [-0.1, -0.05) is 0 Å². The van der Waals surface area contributed by atoms with E-state index in [4.69, 9.17) is 18.9 Å². The maximum absolute atomic E-state index is 11.8. The maximum Gasteiger partial charge on any atom is 0.303 e. The van der Waals surface area contributed by atoms with Gasteiger partial charge >= 0.3 is 5.97 Å². The molecule has 0 aromatic heterocycles. The number of hydrogen-bond donors (Lipinski definition) is 1. The normalized spacial score (nSPS) is 36.3. The first-order valence-electron chi connectivity index (χ1n) is 9.15. The molecule has 5 atom stereocenters. The van der Waals surface area contributed by atoms with Gasteiger partial charge in [0.1, 0.15) is 6.10 Å². The van der Waals surface area contributed by atoms with Gasteiger partial charge in [-0.3, -0.25) is 9.69 Å². The number of rotatable bonds is 2. The lowest BCUT2D eigenvalue weighted by molar-refractivity contribution is -0.166. The van der Waals surface area contributed by atoms with Crippen LogP contribution in [0.3, 0.4) is 0 Å². The lowest BCUT2D eigenvalue weighted by Crippen LogP contribution is -2.61. The van der Waals surface area contributed by atoms with Crippen molar-refractivity contribution in [1.82, 2.24) is 4.90 Å². The molecule has 3 aliphatic heterocycles. The molecule has 1 aromatic rings. The van der Waals surface area contributed by atoms with Crippen molar-refractivity contribution >= 4 is 5.97 Å². The van der Waals surface area contributed by atoms with Crippen molar-refractivity contribution in [3.63, 3.8) is 0 Å². The second kappa shape index (κ2) is 5.50. The smallest absolute Gasteiger partial charge is 0.303 e. The van der Waals surface area contributed by atoms with E-state index >= 15 is 0 Å². The Bertz CT molecular complexity index is 780. The molecule has 1 saturated carbocycles. The average Bonchev–Trinajstić information content (AvgIpc) is 3.18. The fourth-order valence-electron chi connectivity index (χ4n) is 5.63. The molecule has 1 aromatic carbocycles. The Kier molecular flexibility index (Phi) is 3.43. The highest BCUT2D eigenvalue weighted by atomic mass is 16.7. The summed E-state index contributed by atoms with van der Waals surface area (Å²) in [7, 11) is 1.64. The quantitative estimate of drug-likeness (QED) is 0.797. The molecule has 0 amide bonds. The zero-order valence-corrected chi connectivity index (χ0v) is 15.0. The minimum Gasteiger partial charge on any atom is -0.492 e. The molecule has 5 rings (SSSR count). The number of hydrogen-bond acceptors (Lipinski definition) is 7. The van der Waals surface area contributed by atoms with E-state index in [-0.39, 0.29) is 18.8 Å². The molecule has 0 radical (unpaired) electrons. The van der Waals surface area contributed by atoms with E-state index in [0.29, 0.717) is 23.7 Å². The molecule has 5 unspecified atom stereocenters. The van der Waals surface area contributed by atoms with Crippen LogP contribution in [0.1, 0.15) is 37.3 Å². The summed E-state index contributed by atoms with van der Waals surface area (Å²) in [6.07, 6.45) is 1.13. The third kappa shape index (κ3) is 1.93. The molecule has 3 heterocycles. The molecule has 2 bridgehead atoms. The van der Waals surface area contributed by atoms with Crippen LogP contribution in [0.4, 0.5) is 0 Å². The van der Waals surface area contributed by atoms with Crippen molar-refractivity contribution in [3.05, 3.63) is 17.2 Å². The molecule has 1 saturated heterocycles. The van der Waals surface area contributed by atoms with Crippen molar-refractivity contribution in [2.75, 3.05) is 20.4 Å². The molecular formula is C19H23NO6. The minimum absolute atomic E-state index is 0.171. The molecular weight excluding hydrogens is 338 g/mol. The van der Waals surface area contributed by atoms with E-state index in [1.165, 1.54) is 6.92 Å². The van der Waals surface area contributed by atoms with Crippen molar-refractivity contribution in [2.45, 2.75) is 56.4 Å². The van der Waals surface area contributed by atoms with Crippen LogP contribution in [0, 0.1) is 0 Å². The lowest BCUT2D eigenvalue weighted by atomic mass is 9.61. The van der Waals surface area contributed by atoms with E-state index in [9.17, 15) is 9.90 Å². The molecule has 1 aliphatic carbocycles. The van der Waals surface area contributed by atoms with Gasteiger partial charge in [0.25, 0.3) is 0 Å². The Balaban J connectivity index is 1.74. The number of aliphatic hydroxyl groups excluding tert-OH is 1. The van der Waals surface area contributed by atoms with E-state index < -0.39 is 17.6 Å². The van der Waals surface area contributed by atoms with Gasteiger partial charge in [0.05, 0.1) is 18.6 Å². The average molecular weight is 361 g/mol. The zero-order chi connectivity index (χ0) is 18.1. The SMILES string of the molecule is COc1c2c(cc3c1OCO3)C13CCN(C2)C1CCC(O)C3OC(C)=O. The van der Waals surface area contributed by atoms with Crippen LogP contribution >= 0.6 is 0 Å². The van der Waals surface area contributed by atoms with E-state index in [1.807, 2.05) is 6.07 Å². The Morgan fingerprint density at radius 3 is 3.00 bits per heavy atom. The summed E-state index contributed by atoms with van der Waals surface area (Å²) >= 11 is 0. The summed E-state index contributed by atoms with van der Waals surface area (Å²) in [5.41, 5.74) is 1.68. The summed E-state index contributed by atoms with van der Waals surface area (Å²) in [5.74, 6) is 1.64. The van der Waals surface area contributed by atoms with Crippen molar-refractivity contribution in [2.24, 2.45) is 0 Å². The summed E-state index contributed by atoms with van der Waals surface area (Å²) in [6, 6.07) is 2.26. The number of nitrogens with zero attached hydrogens (tertiary/aromatic N) is 1. The van der Waals surface area contributed by atoms with Gasteiger partial charge < -0.3 is 24.1 Å². The second-order valence-corrected chi connectivity index (χ2v) is 7.62. The number of methoxy groups -OCH3 is 1. The monoisotopic (exact) mass is 361 g/mol. The number of aliphatic hydroxyl groups is 1. The number of carbonyl (C=O) groups is 1. The second-order valence-electron chi connectivity index (χ2n) is 7.62. The number of esters is 1. The lowest BCUT2D eigenvalue weighted by Gasteiger charge is -2.52. The molecule has 140 valence electrons. The topological polar surface area (TPSA) is 77.5 Å². The standard InChI is InChI=1S/C19H23NO6/c1-10(21)26-18-13(22)3-4-15-19(18)5-6-20(15)8-11-12(19)7-14-17(16(11)23-2)25-9-24-14/h7,13,15,18,22H,3-6,8-9H2,1-2H3. The molecule has 4 aliphatic rings. The maximum atomic E-state index is 11.8. The first-order valence-corrected chi connectivity index (χ1v) is 9.15. The zero-order valence-electron chi connectivity index (χ0n) is 15.0. The summed E-state index contributed by atoms with van der Waals surface area (Å²) in [4.78, 5) is 14.2. The van der Waals surface area contributed by atoms with Gasteiger partial charge in [-0.05, 0) is 37.4 Å². The van der Waals surface area contributed by atoms with Gasteiger partial charge in [0.15, 0.2) is 11.5 Å². The summed E-state index contributed by atoms with van der Waals surface area (Å²) in [6.45, 7) is 3.25. The Hall–Kier alpha value is -1.99. The van der Waals surface area contributed by atoms with E-state index in [1.54, 1.807) is 7.11 Å². The number of benzene rings is 1. The van der Waals surface area contributed by atoms with Crippen LogP contribution in [-0.4, -0.2) is 54.7 Å². The first-order chi connectivity index (χ1) is 12.6. The predicted molar refractivity (Wildman–Crippen MR) is 90.4 cm³/mol. The van der Waals surface area contributed by atoms with Crippen LogP contribution in [0.25, 0.3) is 0 Å². The van der Waals surface area contributed by atoms with Gasteiger partial charge in [0.2, 0.25) is 12.5 Å². The Morgan fingerprint density at radius 2 is 2.23 bits per heavy atom. The first kappa shape index (κ1) is 16.2. The minimum atomic E-state index is -0.669. The fourth-order valence-corrected chi connectivity index (χ4v) is 5.63. The van der Waals surface area contributed by atoms with Gasteiger partial charge in [0, 0.05) is 25.1 Å². The highest BCUT2D eigenvalue weighted by Gasteiger charge is 2.62. The number of ether oxygens (including phenoxy) is 4. The molecule has 7 nitrogen and oxygen atoms in total. The van der Waals surface area contributed by atoms with E-state index in [2.05, 4.69) is 4.90 Å². The van der Waals surface area contributed by atoms with Gasteiger partial charge in [-0.25, -0.2) is 0 Å². The van der Waals surface area contributed by atoms with Gasteiger partial charge in [-0.15, -0.1) is 0 Å². The predicted octanol–water partition coefficient (Wildman–Crippen LogP) is 1.34. The summed E-state index contributed by atoms with van der Waals surface area (Å²) in [5, 5.41) is 10.7. The van der Waals surface area contributed by atoms with Crippen molar-refractivity contribution in [3.8, 4) is 17.2 Å². The van der Waals surface area contributed by atoms with Crippen molar-refractivity contribution in [1.29, 1.82) is 0 Å². The summed E-state index contributed by atoms with van der Waals surface area (Å²) < 4.78 is 22.7. The largest absolute Gasteiger partial charge is 0.492 e.